The lowest BCUT2D eigenvalue weighted by Gasteiger charge is -2.35. The van der Waals surface area contributed by atoms with Crippen LogP contribution in [0.25, 0.3) is 0 Å². The Kier molecular flexibility index (Phi) is 19.5. The first-order chi connectivity index (χ1) is 20.9. The van der Waals surface area contributed by atoms with Crippen LogP contribution in [0.15, 0.2) is 0 Å². The van der Waals surface area contributed by atoms with Crippen molar-refractivity contribution in [3.63, 3.8) is 0 Å². The van der Waals surface area contributed by atoms with Crippen molar-refractivity contribution in [3.8, 4) is 0 Å². The van der Waals surface area contributed by atoms with Gasteiger partial charge in [0.1, 0.15) is 12.8 Å². The fraction of sp³-hybridized carbons (Fsp3) is 0.786. The molecule has 1 heterocycles. The van der Waals surface area contributed by atoms with E-state index in [4.69, 9.17) is 4.74 Å². The van der Waals surface area contributed by atoms with E-state index in [1.165, 1.54) is 0 Å². The molecule has 1 saturated heterocycles. The van der Waals surface area contributed by atoms with Crippen LogP contribution in [-0.4, -0.2) is 162 Å². The van der Waals surface area contributed by atoms with E-state index in [-0.39, 0.29) is 83.1 Å². The zero-order chi connectivity index (χ0) is 32.9. The van der Waals surface area contributed by atoms with Gasteiger partial charge < -0.3 is 30.7 Å². The second kappa shape index (κ2) is 22.2. The zero-order valence-electron chi connectivity index (χ0n) is 25.9. The Morgan fingerprint density at radius 2 is 1.25 bits per heavy atom. The lowest BCUT2D eigenvalue weighted by atomic mass is 10.1. The van der Waals surface area contributed by atoms with Crippen molar-refractivity contribution >= 4 is 36.2 Å². The number of rotatable bonds is 19. The van der Waals surface area contributed by atoms with Gasteiger partial charge in [-0.05, 0) is 25.7 Å². The number of nitrogens with zero attached hydrogens (tertiary/aromatic N) is 4. The summed E-state index contributed by atoms with van der Waals surface area (Å²) in [6, 6.07) is -1.02. The molecule has 16 heteroatoms. The summed E-state index contributed by atoms with van der Waals surface area (Å²) >= 11 is 0. The molecule has 1 atom stereocenters. The Labute approximate surface area is 258 Å². The average molecular weight is 631 g/mol. The van der Waals surface area contributed by atoms with Crippen molar-refractivity contribution in [1.29, 1.82) is 0 Å². The number of carbonyl (C=O) groups is 6. The molecule has 1 fully saturated rings. The molecule has 0 bridgehead atoms. The first kappa shape index (κ1) is 38.7. The Morgan fingerprint density at radius 3 is 1.75 bits per heavy atom. The standard InChI is InChI=1S/C28H50N6O10/c1-22(2)27(41)30-9-5-3-4-8-29-24(36)7-6-23(28(42)43)34-16-14-32(19-26(39)40)11-10-31(18-25(37)38)12-13-33(15-17-34)20-44-21-35/h21-23H,3-20H2,1-2H3,(H,29,36)(H,30,41)(H,37,38)(H,39,40)(H,42,43). The summed E-state index contributed by atoms with van der Waals surface area (Å²) in [5, 5.41) is 34.4. The topological polar surface area (TPSA) is 209 Å². The number of carboxylic acids is 3. The van der Waals surface area contributed by atoms with Gasteiger partial charge in [0, 0.05) is 77.8 Å². The number of unbranched alkanes of at least 4 members (excludes halogenated alkanes) is 2. The highest BCUT2D eigenvalue weighted by molar-refractivity contribution is 5.78. The summed E-state index contributed by atoms with van der Waals surface area (Å²) in [5.74, 6) is -3.53. The van der Waals surface area contributed by atoms with Gasteiger partial charge in [0.25, 0.3) is 6.47 Å². The van der Waals surface area contributed by atoms with Gasteiger partial charge in [0.15, 0.2) is 0 Å². The third-order valence-corrected chi connectivity index (χ3v) is 7.28. The van der Waals surface area contributed by atoms with E-state index < -0.39 is 23.9 Å². The molecular formula is C28H50N6O10. The summed E-state index contributed by atoms with van der Waals surface area (Å²) < 4.78 is 4.92. The number of aliphatic carboxylic acids is 3. The van der Waals surface area contributed by atoms with E-state index in [1.54, 1.807) is 19.6 Å². The molecule has 44 heavy (non-hydrogen) atoms. The third-order valence-electron chi connectivity index (χ3n) is 7.28. The van der Waals surface area contributed by atoms with Crippen molar-refractivity contribution in [2.24, 2.45) is 5.92 Å². The second-order valence-corrected chi connectivity index (χ2v) is 11.1. The van der Waals surface area contributed by atoms with Gasteiger partial charge in [-0.15, -0.1) is 0 Å². The van der Waals surface area contributed by atoms with Gasteiger partial charge in [0.2, 0.25) is 11.8 Å². The van der Waals surface area contributed by atoms with Crippen LogP contribution in [-0.2, 0) is 33.5 Å². The summed E-state index contributed by atoms with van der Waals surface area (Å²) in [6.45, 7) is 6.47. The SMILES string of the molecule is CC(C)C(=O)NCCCCCNC(=O)CCC(C(=O)O)N1CCN(COC=O)CCN(CC(=O)O)CCN(CC(=O)O)CC1. The van der Waals surface area contributed by atoms with Crippen LogP contribution in [0.4, 0.5) is 0 Å². The molecule has 5 N–H and O–H groups in total. The molecule has 0 aliphatic carbocycles. The number of hydrogen-bond donors (Lipinski definition) is 5. The Balaban J connectivity index is 2.81. The molecule has 0 saturated carbocycles. The zero-order valence-corrected chi connectivity index (χ0v) is 25.9. The van der Waals surface area contributed by atoms with E-state index in [9.17, 15) is 44.1 Å². The van der Waals surface area contributed by atoms with Crippen molar-refractivity contribution in [3.05, 3.63) is 0 Å². The lowest BCUT2D eigenvalue weighted by molar-refractivity contribution is -0.145. The molecule has 0 aromatic carbocycles. The molecule has 1 aliphatic rings. The predicted octanol–water partition coefficient (Wildman–Crippen LogP) is -1.20. The van der Waals surface area contributed by atoms with Crippen molar-refractivity contribution < 1.29 is 48.8 Å². The van der Waals surface area contributed by atoms with Crippen LogP contribution < -0.4 is 10.6 Å². The van der Waals surface area contributed by atoms with Crippen LogP contribution in [0, 0.1) is 5.92 Å². The number of carboxylic acid groups (broad SMARTS) is 3. The van der Waals surface area contributed by atoms with E-state index >= 15 is 0 Å². The van der Waals surface area contributed by atoms with E-state index in [0.717, 1.165) is 19.3 Å². The number of carbonyl (C=O) groups excluding carboxylic acids is 3. The molecular weight excluding hydrogens is 580 g/mol. The average Bonchev–Trinajstić information content (AvgIpc) is 2.94. The first-order valence-corrected chi connectivity index (χ1v) is 15.1. The highest BCUT2D eigenvalue weighted by Crippen LogP contribution is 2.11. The molecule has 2 amide bonds. The van der Waals surface area contributed by atoms with Crippen LogP contribution in [0.5, 0.6) is 0 Å². The van der Waals surface area contributed by atoms with E-state index in [1.807, 2.05) is 13.8 Å². The lowest BCUT2D eigenvalue weighted by Crippen LogP contribution is -2.51. The summed E-state index contributed by atoms with van der Waals surface area (Å²) in [6.07, 6.45) is 2.35. The monoisotopic (exact) mass is 630 g/mol. The van der Waals surface area contributed by atoms with Gasteiger partial charge in [0.05, 0.1) is 13.1 Å². The minimum Gasteiger partial charge on any atom is -0.480 e. The molecule has 0 aromatic rings. The molecule has 1 rings (SSSR count). The third kappa shape index (κ3) is 17.7. The normalized spacial score (nSPS) is 17.2. The maximum atomic E-state index is 12.5. The molecule has 252 valence electrons. The number of hydrogen-bond acceptors (Lipinski definition) is 11. The summed E-state index contributed by atoms with van der Waals surface area (Å²) in [5.41, 5.74) is 0. The maximum Gasteiger partial charge on any atom is 0.320 e. The highest BCUT2D eigenvalue weighted by Gasteiger charge is 2.28. The molecule has 1 aliphatic heterocycles. The molecule has 0 spiro atoms. The number of nitrogens with one attached hydrogen (secondary N) is 2. The highest BCUT2D eigenvalue weighted by atomic mass is 16.5. The van der Waals surface area contributed by atoms with Crippen molar-refractivity contribution in [1.82, 2.24) is 30.2 Å². The van der Waals surface area contributed by atoms with Crippen LogP contribution in [0.1, 0.15) is 46.0 Å². The Morgan fingerprint density at radius 1 is 0.750 bits per heavy atom. The summed E-state index contributed by atoms with van der Waals surface area (Å²) in [7, 11) is 0. The van der Waals surface area contributed by atoms with Crippen molar-refractivity contribution in [2.45, 2.75) is 52.0 Å². The Hall–Kier alpha value is -3.34. The number of amides is 2. The number of ether oxygens (including phenoxy) is 1. The second-order valence-electron chi connectivity index (χ2n) is 11.1. The van der Waals surface area contributed by atoms with E-state index in [0.29, 0.717) is 39.2 Å². The fourth-order valence-electron chi connectivity index (χ4n) is 4.72. The maximum absolute atomic E-state index is 12.5. The first-order valence-electron chi connectivity index (χ1n) is 15.1. The Bertz CT molecular complexity index is 921. The van der Waals surface area contributed by atoms with Gasteiger partial charge in [-0.2, -0.15) is 0 Å². The van der Waals surface area contributed by atoms with Crippen molar-refractivity contribution in [2.75, 3.05) is 85.3 Å². The predicted molar refractivity (Wildman–Crippen MR) is 159 cm³/mol. The van der Waals surface area contributed by atoms with Gasteiger partial charge in [-0.3, -0.25) is 48.4 Å². The smallest absolute Gasteiger partial charge is 0.320 e. The van der Waals surface area contributed by atoms with Crippen LogP contribution in [0.2, 0.25) is 0 Å². The summed E-state index contributed by atoms with van der Waals surface area (Å²) in [4.78, 5) is 76.9. The van der Waals surface area contributed by atoms with Gasteiger partial charge in [-0.1, -0.05) is 13.8 Å². The largest absolute Gasteiger partial charge is 0.480 e. The molecule has 0 aromatic heterocycles. The molecule has 0 radical (unpaired) electrons. The molecule has 1 unspecified atom stereocenters. The van der Waals surface area contributed by atoms with Gasteiger partial charge >= 0.3 is 17.9 Å². The van der Waals surface area contributed by atoms with Crippen LogP contribution in [0.3, 0.4) is 0 Å². The minimum absolute atomic E-state index is 0.00235. The fourth-order valence-corrected chi connectivity index (χ4v) is 4.72. The minimum atomic E-state index is -1.11. The molecule has 16 nitrogen and oxygen atoms in total. The van der Waals surface area contributed by atoms with Crippen LogP contribution >= 0.6 is 0 Å². The quantitative estimate of drug-likeness (QED) is 0.0839. The van der Waals surface area contributed by atoms with E-state index in [2.05, 4.69) is 10.6 Å². The van der Waals surface area contributed by atoms with Gasteiger partial charge in [-0.25, -0.2) is 0 Å².